The number of halogens is 4. The van der Waals surface area contributed by atoms with Crippen LogP contribution in [0.2, 0.25) is 0 Å². The maximum atomic E-state index is 6.38. The molecule has 0 saturated carbocycles. The van der Waals surface area contributed by atoms with Gasteiger partial charge in [0.1, 0.15) is 9.98 Å². The average Bonchev–Trinajstić information content (AvgIpc) is 3.50. The Morgan fingerprint density at radius 1 is 0.649 bits per heavy atom. The van der Waals surface area contributed by atoms with E-state index in [0.717, 1.165) is 57.6 Å². The molecule has 2 aromatic carbocycles. The van der Waals surface area contributed by atoms with E-state index in [9.17, 15) is 0 Å². The van der Waals surface area contributed by atoms with E-state index < -0.39 is 0 Å². The van der Waals surface area contributed by atoms with Gasteiger partial charge < -0.3 is 9.80 Å². The zero-order chi connectivity index (χ0) is 27.2. The van der Waals surface area contributed by atoms with Crippen molar-refractivity contribution in [2.75, 3.05) is 26.2 Å². The Morgan fingerprint density at radius 2 is 0.946 bits per heavy atom. The van der Waals surface area contributed by atoms with Crippen molar-refractivity contribution in [3.63, 3.8) is 0 Å². The second-order valence-corrected chi connectivity index (χ2v) is 17.4. The molecular weight excluding hydrogens is 673 g/mol. The second kappa shape index (κ2) is 18.5. The van der Waals surface area contributed by atoms with E-state index in [-0.39, 0.29) is 17.5 Å². The third kappa shape index (κ3) is 10.3. The zero-order valence-corrected chi connectivity index (χ0v) is 28.1. The summed E-state index contributed by atoms with van der Waals surface area (Å²) in [6.45, 7) is 12.4. The molecule has 0 spiro atoms. The van der Waals surface area contributed by atoms with E-state index in [4.69, 9.17) is 41.8 Å². The van der Waals surface area contributed by atoms with Gasteiger partial charge in [-0.05, 0) is 88.1 Å². The van der Waals surface area contributed by atoms with Gasteiger partial charge in [-0.15, -0.1) is 0 Å². The van der Waals surface area contributed by atoms with Crippen LogP contribution in [0.15, 0.2) is 70.6 Å². The Bertz CT molecular complexity index is 1020. The van der Waals surface area contributed by atoms with Gasteiger partial charge >= 0.3 is 33.0 Å². The first-order valence-electron chi connectivity index (χ1n) is 11.5. The van der Waals surface area contributed by atoms with Crippen LogP contribution in [-0.4, -0.2) is 56.3 Å². The molecule has 13 heteroatoms. The van der Waals surface area contributed by atoms with Crippen LogP contribution >= 0.6 is 80.8 Å². The van der Waals surface area contributed by atoms with Gasteiger partial charge in [0, 0.05) is 37.3 Å². The summed E-state index contributed by atoms with van der Waals surface area (Å²) in [7, 11) is 24.8. The number of aliphatic imine (C=N–C) groups is 2. The Balaban J connectivity index is 0.000000235. The van der Waals surface area contributed by atoms with E-state index >= 15 is 0 Å². The Morgan fingerprint density at radius 3 is 1.22 bits per heavy atom. The quantitative estimate of drug-likeness (QED) is 0.171. The fourth-order valence-electron chi connectivity index (χ4n) is 3.20. The minimum absolute atomic E-state index is 0.355. The Labute approximate surface area is 257 Å². The third-order valence-electron chi connectivity index (χ3n) is 5.10. The topological polar surface area (TPSA) is 31.2 Å². The van der Waals surface area contributed by atoms with Crippen LogP contribution in [-0.2, 0) is 12.7 Å². The number of nitrogens with zero attached hydrogens (tertiary/aromatic N) is 4. The first kappa shape index (κ1) is 33.4. The SMILES string of the molecule is CCN(CC)C1=NC(c2ccccc2)=S(Cl)S1.CCN(CC)C1=NC(c2ccccc2)=S(Cl)S1.[Cl][Ni][Cl]. The van der Waals surface area contributed by atoms with Gasteiger partial charge in [0.25, 0.3) is 0 Å². The Hall–Kier alpha value is 0.174. The van der Waals surface area contributed by atoms with Gasteiger partial charge in [0.05, 0.1) is 0 Å². The van der Waals surface area contributed by atoms with Crippen molar-refractivity contribution in [1.29, 1.82) is 0 Å². The van der Waals surface area contributed by atoms with Crippen LogP contribution in [0.1, 0.15) is 38.8 Å². The van der Waals surface area contributed by atoms with E-state index in [1.54, 1.807) is 21.6 Å². The van der Waals surface area contributed by atoms with Gasteiger partial charge in [-0.3, -0.25) is 0 Å². The average molecular weight is 703 g/mol. The summed E-state index contributed by atoms with van der Waals surface area (Å²) in [5, 5.41) is 2.10. The van der Waals surface area contributed by atoms with E-state index in [1.165, 1.54) is 0 Å². The van der Waals surface area contributed by atoms with Crippen LogP contribution < -0.4 is 0 Å². The molecule has 4 rings (SSSR count). The monoisotopic (exact) mass is 700 g/mol. The predicted molar refractivity (Wildman–Crippen MR) is 176 cm³/mol. The molecule has 0 aromatic heterocycles. The number of hydrogen-bond acceptors (Lipinski definition) is 6. The van der Waals surface area contributed by atoms with Crippen LogP contribution in [0.4, 0.5) is 0 Å². The number of hydrogen-bond donors (Lipinski definition) is 0. The molecule has 4 nitrogen and oxygen atoms in total. The van der Waals surface area contributed by atoms with Crippen molar-refractivity contribution >= 4 is 101 Å². The van der Waals surface area contributed by atoms with E-state index in [2.05, 4.69) is 71.7 Å². The van der Waals surface area contributed by atoms with Gasteiger partial charge in [-0.25, -0.2) is 9.98 Å². The molecule has 2 heterocycles. The summed E-state index contributed by atoms with van der Waals surface area (Å²) >= 11 is 0.569. The molecule has 0 saturated heterocycles. The molecule has 208 valence electrons. The van der Waals surface area contributed by atoms with E-state index in [0.29, 0.717) is 12.7 Å². The molecule has 0 fully saturated rings. The fraction of sp³-hybridized carbons (Fsp3) is 0.333. The summed E-state index contributed by atoms with van der Waals surface area (Å²) in [4.78, 5) is 15.8. The molecule has 0 aliphatic carbocycles. The van der Waals surface area contributed by atoms with Crippen LogP contribution in [0.5, 0.6) is 0 Å². The van der Waals surface area contributed by atoms with Crippen molar-refractivity contribution in [3.05, 3.63) is 71.8 Å². The van der Waals surface area contributed by atoms with Gasteiger partial charge in [0.15, 0.2) is 10.3 Å². The molecule has 0 bridgehead atoms. The molecule has 0 amide bonds. The molecule has 2 aliphatic heterocycles. The fourth-order valence-corrected chi connectivity index (χ4v) is 10.4. The minimum atomic E-state index is -0.355. The first-order valence-corrected chi connectivity index (χ1v) is 20.9. The number of amidine groups is 2. The zero-order valence-electron chi connectivity index (χ0n) is 20.9. The molecule has 37 heavy (non-hydrogen) atoms. The normalized spacial score (nSPS) is 18.4. The molecule has 2 aliphatic rings. The number of rotatable bonds is 6. The summed E-state index contributed by atoms with van der Waals surface area (Å²) in [6.07, 6.45) is 0. The van der Waals surface area contributed by atoms with Gasteiger partial charge in [0.2, 0.25) is 0 Å². The van der Waals surface area contributed by atoms with Crippen LogP contribution in [0.3, 0.4) is 0 Å². The first-order chi connectivity index (χ1) is 17.9. The van der Waals surface area contributed by atoms with Gasteiger partial charge in [-0.1, -0.05) is 60.7 Å². The van der Waals surface area contributed by atoms with Crippen LogP contribution in [0.25, 0.3) is 0 Å². The van der Waals surface area contributed by atoms with Crippen molar-refractivity contribution in [1.82, 2.24) is 9.80 Å². The van der Waals surface area contributed by atoms with E-state index in [1.807, 2.05) is 36.4 Å². The summed E-state index contributed by atoms with van der Waals surface area (Å²) in [6, 6.07) is 20.3. The summed E-state index contributed by atoms with van der Waals surface area (Å²) < 4.78 is 0. The molecular formula is C24H30Cl4N4NiS4. The maximum absolute atomic E-state index is 6.38. The third-order valence-corrected chi connectivity index (χ3v) is 12.4. The van der Waals surface area contributed by atoms with Gasteiger partial charge in [-0.2, -0.15) is 0 Å². The second-order valence-electron chi connectivity index (χ2n) is 7.13. The standard InChI is InChI=1S/2C12H15ClN2S2.2ClH.Ni/c2*1-3-15(4-2)12-14-11(17(13)16-12)10-8-6-5-7-9-10;;;/h2*5-9H,3-4H2,1-2H3;2*1H;/q;;;;+2/p-2. The molecule has 2 aromatic rings. The van der Waals surface area contributed by atoms with Crippen molar-refractivity contribution in [2.24, 2.45) is 9.98 Å². The molecule has 2 atom stereocenters. The number of benzene rings is 2. The molecule has 0 radical (unpaired) electrons. The Kier molecular flexibility index (Phi) is 16.7. The summed E-state index contributed by atoms with van der Waals surface area (Å²) in [5.74, 6) is 0. The molecule has 0 N–H and O–H groups in total. The van der Waals surface area contributed by atoms with Crippen molar-refractivity contribution in [3.8, 4) is 0 Å². The van der Waals surface area contributed by atoms with Crippen LogP contribution in [0, 0.1) is 0 Å². The van der Waals surface area contributed by atoms with Crippen molar-refractivity contribution in [2.45, 2.75) is 27.7 Å². The molecule has 2 unspecified atom stereocenters. The summed E-state index contributed by atoms with van der Waals surface area (Å²) in [5.41, 5.74) is 2.25. The van der Waals surface area contributed by atoms with Crippen molar-refractivity contribution < 1.29 is 12.7 Å². The predicted octanol–water partition coefficient (Wildman–Crippen LogP) is 9.27.